The fourth-order valence-corrected chi connectivity index (χ4v) is 8.25. The first-order chi connectivity index (χ1) is 18.3. The molecule has 1 aliphatic heterocycles. The number of sulfonamides is 1. The highest BCUT2D eigenvalue weighted by Gasteiger charge is 2.38. The van der Waals surface area contributed by atoms with E-state index in [0.29, 0.717) is 16.4 Å². The van der Waals surface area contributed by atoms with Crippen LogP contribution in [0.25, 0.3) is 0 Å². The van der Waals surface area contributed by atoms with Gasteiger partial charge in [0.15, 0.2) is 0 Å². The Bertz CT molecular complexity index is 1220. The van der Waals surface area contributed by atoms with Crippen molar-refractivity contribution in [3.63, 3.8) is 0 Å². The Hall–Kier alpha value is -2.42. The number of amides is 2. The summed E-state index contributed by atoms with van der Waals surface area (Å²) in [5.41, 5.74) is 1.23. The number of nitrogens with zero attached hydrogens (tertiary/aromatic N) is 2. The summed E-state index contributed by atoms with van der Waals surface area (Å²) in [5.74, 6) is -0.856. The lowest BCUT2D eigenvalue weighted by molar-refractivity contribution is -0.122. The third kappa shape index (κ3) is 5.92. The Morgan fingerprint density at radius 2 is 1.39 bits per heavy atom. The molecule has 2 saturated carbocycles. The lowest BCUT2D eigenvalue weighted by Gasteiger charge is -2.40. The summed E-state index contributed by atoms with van der Waals surface area (Å²) in [7, 11) is -3.65. The lowest BCUT2D eigenvalue weighted by Crippen LogP contribution is -2.48. The van der Waals surface area contributed by atoms with Crippen LogP contribution in [0.15, 0.2) is 53.4 Å². The van der Waals surface area contributed by atoms with Gasteiger partial charge in [0.1, 0.15) is 0 Å². The van der Waals surface area contributed by atoms with Gasteiger partial charge in [-0.25, -0.2) is 8.42 Å². The van der Waals surface area contributed by atoms with E-state index < -0.39 is 15.9 Å². The van der Waals surface area contributed by atoms with E-state index in [1.807, 2.05) is 4.31 Å². The number of anilines is 2. The van der Waals surface area contributed by atoms with Gasteiger partial charge in [0.2, 0.25) is 21.8 Å². The monoisotopic (exact) mass is 557 g/mol. The molecule has 9 heteroatoms. The highest BCUT2D eigenvalue weighted by Crippen LogP contribution is 2.35. The van der Waals surface area contributed by atoms with E-state index in [4.69, 9.17) is 11.6 Å². The third-order valence-electron chi connectivity index (χ3n) is 8.20. The van der Waals surface area contributed by atoms with Crippen molar-refractivity contribution < 1.29 is 18.0 Å². The summed E-state index contributed by atoms with van der Waals surface area (Å²) < 4.78 is 29.6. The van der Waals surface area contributed by atoms with E-state index in [0.717, 1.165) is 51.4 Å². The van der Waals surface area contributed by atoms with Crippen LogP contribution in [0.2, 0.25) is 5.02 Å². The van der Waals surface area contributed by atoms with Crippen LogP contribution >= 0.6 is 11.6 Å². The average Bonchev–Trinajstić information content (AvgIpc) is 3.32. The van der Waals surface area contributed by atoms with Gasteiger partial charge in [-0.1, -0.05) is 50.1 Å². The molecule has 204 valence electrons. The van der Waals surface area contributed by atoms with Crippen LogP contribution in [0, 0.1) is 5.92 Å². The van der Waals surface area contributed by atoms with E-state index >= 15 is 0 Å². The van der Waals surface area contributed by atoms with Crippen LogP contribution in [-0.4, -0.2) is 43.2 Å². The average molecular weight is 558 g/mol. The third-order valence-corrected chi connectivity index (χ3v) is 10.5. The Morgan fingerprint density at radius 1 is 0.842 bits per heavy atom. The quantitative estimate of drug-likeness (QED) is 0.453. The van der Waals surface area contributed by atoms with E-state index in [1.165, 1.54) is 12.8 Å². The molecule has 0 radical (unpaired) electrons. The standard InChI is InChI=1S/C29H36ClN3O4S/c30-22-11-15-24(16-12-22)32-20-21(19-28(32)34)29(35)31-23-13-17-27(18-14-23)38(36,37)33(25-7-3-1-4-8-25)26-9-5-2-6-10-26/h11-18,21,25-26H,1-10,19-20H2,(H,31,35). The predicted octanol–water partition coefficient (Wildman–Crippen LogP) is 5.99. The summed E-state index contributed by atoms with van der Waals surface area (Å²) in [6, 6.07) is 13.6. The first-order valence-corrected chi connectivity index (χ1v) is 15.6. The van der Waals surface area contributed by atoms with Crippen molar-refractivity contribution in [1.82, 2.24) is 4.31 Å². The van der Waals surface area contributed by atoms with Crippen LogP contribution in [0.3, 0.4) is 0 Å². The molecule has 5 rings (SSSR count). The van der Waals surface area contributed by atoms with Crippen molar-refractivity contribution in [2.45, 2.75) is 87.6 Å². The van der Waals surface area contributed by atoms with Gasteiger partial charge >= 0.3 is 0 Å². The van der Waals surface area contributed by atoms with Crippen LogP contribution in [0.1, 0.15) is 70.6 Å². The van der Waals surface area contributed by atoms with Gasteiger partial charge in [-0.2, -0.15) is 4.31 Å². The molecule has 2 aromatic carbocycles. The summed E-state index contributed by atoms with van der Waals surface area (Å²) in [6.07, 6.45) is 10.5. The highest BCUT2D eigenvalue weighted by atomic mass is 35.5. The first-order valence-electron chi connectivity index (χ1n) is 13.8. The SMILES string of the molecule is O=C(Nc1ccc(S(=O)(=O)N(C2CCCCC2)C2CCCCC2)cc1)C1CC(=O)N(c2ccc(Cl)cc2)C1. The Labute approximate surface area is 230 Å². The van der Waals surface area contributed by atoms with Gasteiger partial charge in [-0.15, -0.1) is 0 Å². The van der Waals surface area contributed by atoms with Gasteiger partial charge in [0.05, 0.1) is 10.8 Å². The fourth-order valence-electron chi connectivity index (χ4n) is 6.19. The van der Waals surface area contributed by atoms with Crippen molar-refractivity contribution in [2.24, 2.45) is 5.92 Å². The van der Waals surface area contributed by atoms with Crippen molar-refractivity contribution in [2.75, 3.05) is 16.8 Å². The van der Waals surface area contributed by atoms with Crippen LogP contribution in [0.5, 0.6) is 0 Å². The van der Waals surface area contributed by atoms with Gasteiger partial charge in [-0.05, 0) is 74.2 Å². The zero-order valence-corrected chi connectivity index (χ0v) is 23.2. The lowest BCUT2D eigenvalue weighted by atomic mass is 9.91. The minimum absolute atomic E-state index is 0.0692. The smallest absolute Gasteiger partial charge is 0.243 e. The summed E-state index contributed by atoms with van der Waals surface area (Å²) >= 11 is 5.95. The second-order valence-electron chi connectivity index (χ2n) is 10.8. The number of rotatable bonds is 7. The molecule has 1 unspecified atom stereocenters. The normalized spacial score (nSPS) is 21.7. The summed E-state index contributed by atoms with van der Waals surface area (Å²) in [4.78, 5) is 27.4. The molecule has 3 aliphatic rings. The maximum Gasteiger partial charge on any atom is 0.243 e. The second kappa shape index (κ2) is 11.8. The predicted molar refractivity (Wildman–Crippen MR) is 150 cm³/mol. The minimum Gasteiger partial charge on any atom is -0.326 e. The molecule has 2 amide bonds. The van der Waals surface area contributed by atoms with Crippen molar-refractivity contribution >= 4 is 44.8 Å². The van der Waals surface area contributed by atoms with Gasteiger partial charge < -0.3 is 10.2 Å². The van der Waals surface area contributed by atoms with Crippen LogP contribution in [0.4, 0.5) is 11.4 Å². The zero-order valence-electron chi connectivity index (χ0n) is 21.6. The van der Waals surface area contributed by atoms with Gasteiger partial charge in [0.25, 0.3) is 0 Å². The molecule has 1 N–H and O–H groups in total. The number of carbonyl (C=O) groups excluding carboxylic acids is 2. The topological polar surface area (TPSA) is 86.8 Å². The number of hydrogen-bond acceptors (Lipinski definition) is 4. The maximum atomic E-state index is 13.9. The van der Waals surface area contributed by atoms with E-state index in [1.54, 1.807) is 53.4 Å². The number of halogens is 1. The molecule has 2 aliphatic carbocycles. The van der Waals surface area contributed by atoms with Gasteiger partial charge in [0, 0.05) is 41.4 Å². The first kappa shape index (κ1) is 27.2. The van der Waals surface area contributed by atoms with E-state index in [9.17, 15) is 18.0 Å². The molecule has 1 heterocycles. The summed E-state index contributed by atoms with van der Waals surface area (Å²) in [6.45, 7) is 0.288. The molecule has 3 fully saturated rings. The molecule has 0 aromatic heterocycles. The second-order valence-corrected chi connectivity index (χ2v) is 13.1. The highest BCUT2D eigenvalue weighted by molar-refractivity contribution is 7.89. The molecule has 0 bridgehead atoms. The molecule has 38 heavy (non-hydrogen) atoms. The van der Waals surface area contributed by atoms with E-state index in [2.05, 4.69) is 5.32 Å². The Balaban J connectivity index is 1.27. The Kier molecular flexibility index (Phi) is 8.41. The molecule has 7 nitrogen and oxygen atoms in total. The molecular weight excluding hydrogens is 522 g/mol. The molecule has 1 saturated heterocycles. The largest absolute Gasteiger partial charge is 0.326 e. The summed E-state index contributed by atoms with van der Waals surface area (Å²) in [5, 5.41) is 3.46. The minimum atomic E-state index is -3.65. The number of benzene rings is 2. The van der Waals surface area contributed by atoms with Crippen molar-refractivity contribution in [1.29, 1.82) is 0 Å². The molecule has 0 spiro atoms. The molecule has 2 aromatic rings. The van der Waals surface area contributed by atoms with Gasteiger partial charge in [-0.3, -0.25) is 9.59 Å². The van der Waals surface area contributed by atoms with Crippen molar-refractivity contribution in [3.8, 4) is 0 Å². The van der Waals surface area contributed by atoms with Crippen LogP contribution < -0.4 is 10.2 Å². The maximum absolute atomic E-state index is 13.9. The van der Waals surface area contributed by atoms with Crippen LogP contribution in [-0.2, 0) is 19.6 Å². The number of carbonyl (C=O) groups is 2. The molecule has 1 atom stereocenters. The fraction of sp³-hybridized carbons (Fsp3) is 0.517. The Morgan fingerprint density at radius 3 is 1.95 bits per heavy atom. The van der Waals surface area contributed by atoms with E-state index in [-0.39, 0.29) is 41.8 Å². The zero-order chi connectivity index (χ0) is 26.7. The number of hydrogen-bond donors (Lipinski definition) is 1. The molecular formula is C29H36ClN3O4S. The van der Waals surface area contributed by atoms with Crippen molar-refractivity contribution in [3.05, 3.63) is 53.6 Å². The number of nitrogens with one attached hydrogen (secondary N) is 1.